The average molecular weight is 719 g/mol. The number of aromatic amines is 2. The number of nitrogens with one attached hydrogen (secondary N) is 4. The first-order valence-corrected chi connectivity index (χ1v) is 19.1. The molecule has 276 valence electrons. The van der Waals surface area contributed by atoms with E-state index in [2.05, 4.69) is 129 Å². The summed E-state index contributed by atoms with van der Waals surface area (Å²) in [5.41, 5.74) is 11.4. The van der Waals surface area contributed by atoms with Gasteiger partial charge in [0, 0.05) is 24.2 Å². The van der Waals surface area contributed by atoms with Gasteiger partial charge < -0.3 is 20.6 Å². The molecule has 7 rings (SSSR count). The van der Waals surface area contributed by atoms with Crippen molar-refractivity contribution in [3.63, 3.8) is 0 Å². The summed E-state index contributed by atoms with van der Waals surface area (Å²) in [4.78, 5) is 15.7. The van der Waals surface area contributed by atoms with E-state index in [1.54, 1.807) is 12.1 Å². The largest absolute Gasteiger partial charge is 0.338 e. The minimum atomic E-state index is -0.247. The molecule has 0 aliphatic heterocycles. The van der Waals surface area contributed by atoms with E-state index in [9.17, 15) is 4.39 Å². The zero-order chi connectivity index (χ0) is 37.4. The topological polar surface area (TPSA) is 81.4 Å². The zero-order valence-corrected chi connectivity index (χ0v) is 31.4. The first-order chi connectivity index (χ1) is 26.5. The Bertz CT molecular complexity index is 2130. The van der Waals surface area contributed by atoms with Crippen molar-refractivity contribution in [3.8, 4) is 45.3 Å². The normalized spacial score (nSPS) is 10.9. The standard InChI is InChI=1S/C25H24FN3.C22H27N3/c1-18-5-7-19(8-6-18)13-14-27-16-20-3-2-4-22(15-20)24-17-28-25(29-24)21-9-11-23(26)12-10-21;1-2-3-4-8-14-23-16-18-10-9-13-20(15-18)21-17-24-22(25-21)19-11-6-5-7-12-19/h2-12,15,17,27H,13-14,16H2,1H3,(H,28,29);5-7,9-13,15,17,23H,2-4,8,14,16H2,1H3,(H,24,25). The van der Waals surface area contributed by atoms with Gasteiger partial charge in [0.05, 0.1) is 23.8 Å². The highest BCUT2D eigenvalue weighted by atomic mass is 19.1. The van der Waals surface area contributed by atoms with Gasteiger partial charge >= 0.3 is 0 Å². The van der Waals surface area contributed by atoms with E-state index in [0.717, 1.165) is 72.3 Å². The maximum Gasteiger partial charge on any atom is 0.137 e. The van der Waals surface area contributed by atoms with Crippen molar-refractivity contribution in [2.45, 2.75) is 59.0 Å². The van der Waals surface area contributed by atoms with Gasteiger partial charge in [-0.15, -0.1) is 0 Å². The molecule has 5 aromatic carbocycles. The molecule has 0 aliphatic rings. The molecule has 0 atom stereocenters. The van der Waals surface area contributed by atoms with Gasteiger partial charge in [0.2, 0.25) is 0 Å². The zero-order valence-electron chi connectivity index (χ0n) is 31.4. The van der Waals surface area contributed by atoms with Crippen LogP contribution < -0.4 is 10.6 Å². The third kappa shape index (κ3) is 11.4. The van der Waals surface area contributed by atoms with E-state index in [1.165, 1.54) is 65.6 Å². The minimum absolute atomic E-state index is 0.247. The third-order valence-corrected chi connectivity index (χ3v) is 9.37. The molecule has 4 N–H and O–H groups in total. The van der Waals surface area contributed by atoms with Crippen LogP contribution in [0.5, 0.6) is 0 Å². The molecule has 6 nitrogen and oxygen atoms in total. The van der Waals surface area contributed by atoms with Crippen LogP contribution in [0.3, 0.4) is 0 Å². The van der Waals surface area contributed by atoms with E-state index in [1.807, 2.05) is 30.6 Å². The number of halogens is 1. The predicted molar refractivity (Wildman–Crippen MR) is 221 cm³/mol. The van der Waals surface area contributed by atoms with Gasteiger partial charge in [0.15, 0.2) is 0 Å². The lowest BCUT2D eigenvalue weighted by Gasteiger charge is -2.07. The number of imidazole rings is 2. The molecule has 2 heterocycles. The fourth-order valence-electron chi connectivity index (χ4n) is 6.26. The Morgan fingerprint density at radius 2 is 1.09 bits per heavy atom. The summed E-state index contributed by atoms with van der Waals surface area (Å²) in [6.45, 7) is 8.12. The second kappa shape index (κ2) is 20.0. The highest BCUT2D eigenvalue weighted by molar-refractivity contribution is 5.66. The first kappa shape index (κ1) is 38.1. The van der Waals surface area contributed by atoms with Crippen molar-refractivity contribution in [1.29, 1.82) is 0 Å². The highest BCUT2D eigenvalue weighted by Crippen LogP contribution is 2.24. The number of benzene rings is 5. The first-order valence-electron chi connectivity index (χ1n) is 19.1. The van der Waals surface area contributed by atoms with Gasteiger partial charge in [0.25, 0.3) is 0 Å². The number of hydrogen-bond acceptors (Lipinski definition) is 4. The molecule has 0 amide bonds. The quantitative estimate of drug-likeness (QED) is 0.0750. The molecule has 7 heteroatoms. The van der Waals surface area contributed by atoms with Gasteiger partial charge in [-0.1, -0.05) is 123 Å². The van der Waals surface area contributed by atoms with Gasteiger partial charge in [-0.05, 0) is 97.1 Å². The Hall–Kier alpha value is -5.63. The van der Waals surface area contributed by atoms with Crippen LogP contribution in [0.15, 0.2) is 140 Å². The Morgan fingerprint density at radius 1 is 0.537 bits per heavy atom. The lowest BCUT2D eigenvalue weighted by molar-refractivity contribution is 0.598. The molecule has 2 aromatic heterocycles. The number of hydrogen-bond donors (Lipinski definition) is 4. The van der Waals surface area contributed by atoms with Crippen molar-refractivity contribution in [2.24, 2.45) is 0 Å². The summed E-state index contributed by atoms with van der Waals surface area (Å²) in [5.74, 6) is 1.40. The van der Waals surface area contributed by atoms with Gasteiger partial charge in [0.1, 0.15) is 17.5 Å². The van der Waals surface area contributed by atoms with Crippen molar-refractivity contribution in [3.05, 3.63) is 168 Å². The Balaban J connectivity index is 0.000000186. The smallest absolute Gasteiger partial charge is 0.137 e. The summed E-state index contributed by atoms with van der Waals surface area (Å²) >= 11 is 0. The number of H-pyrrole nitrogens is 2. The SMILES string of the molecule is CCCCCCNCc1cccc(-c2cnc(-c3ccccc3)[nH]2)c1.Cc1ccc(CCNCc2cccc(-c3cnc(-c4ccc(F)cc4)[nH]3)c2)cc1. The average Bonchev–Trinajstić information content (AvgIpc) is 3.92. The van der Waals surface area contributed by atoms with Crippen LogP contribution in [0.2, 0.25) is 0 Å². The van der Waals surface area contributed by atoms with Crippen molar-refractivity contribution in [1.82, 2.24) is 30.6 Å². The molecule has 0 saturated heterocycles. The molecule has 0 spiro atoms. The number of unbranched alkanes of at least 4 members (excludes halogenated alkanes) is 3. The molecule has 0 saturated carbocycles. The van der Waals surface area contributed by atoms with Crippen molar-refractivity contribution in [2.75, 3.05) is 13.1 Å². The van der Waals surface area contributed by atoms with Crippen molar-refractivity contribution >= 4 is 0 Å². The Kier molecular flexibility index (Phi) is 14.1. The number of rotatable bonds is 16. The monoisotopic (exact) mass is 718 g/mol. The second-order valence-corrected chi connectivity index (χ2v) is 13.7. The Morgan fingerprint density at radius 3 is 1.69 bits per heavy atom. The summed E-state index contributed by atoms with van der Waals surface area (Å²) in [5, 5.41) is 7.06. The third-order valence-electron chi connectivity index (χ3n) is 9.37. The number of aromatic nitrogens is 4. The van der Waals surface area contributed by atoms with Crippen molar-refractivity contribution < 1.29 is 4.39 Å². The van der Waals surface area contributed by atoms with E-state index in [0.29, 0.717) is 0 Å². The molecule has 0 fully saturated rings. The maximum absolute atomic E-state index is 13.1. The van der Waals surface area contributed by atoms with Crippen LogP contribution in [0.25, 0.3) is 45.3 Å². The fourth-order valence-corrected chi connectivity index (χ4v) is 6.26. The van der Waals surface area contributed by atoms with Crippen LogP contribution >= 0.6 is 0 Å². The molecular formula is C47H51FN6. The molecule has 0 aliphatic carbocycles. The highest BCUT2D eigenvalue weighted by Gasteiger charge is 2.08. The molecule has 0 unspecified atom stereocenters. The van der Waals surface area contributed by atoms with Gasteiger partial charge in [-0.25, -0.2) is 14.4 Å². The minimum Gasteiger partial charge on any atom is -0.338 e. The summed E-state index contributed by atoms with van der Waals surface area (Å²) in [6, 6.07) is 42.3. The molecule has 0 radical (unpaired) electrons. The molecule has 0 bridgehead atoms. The van der Waals surface area contributed by atoms with E-state index >= 15 is 0 Å². The molecule has 7 aromatic rings. The second-order valence-electron chi connectivity index (χ2n) is 13.7. The van der Waals surface area contributed by atoms with Crippen LogP contribution in [-0.2, 0) is 19.5 Å². The Labute approximate surface area is 319 Å². The number of aryl methyl sites for hydroxylation is 1. The van der Waals surface area contributed by atoms with Crippen LogP contribution in [0.4, 0.5) is 4.39 Å². The summed E-state index contributed by atoms with van der Waals surface area (Å²) < 4.78 is 13.1. The molecule has 54 heavy (non-hydrogen) atoms. The predicted octanol–water partition coefficient (Wildman–Crippen LogP) is 10.9. The fraction of sp³-hybridized carbons (Fsp3) is 0.234. The lowest BCUT2D eigenvalue weighted by Crippen LogP contribution is -2.16. The van der Waals surface area contributed by atoms with Gasteiger partial charge in [-0.2, -0.15) is 0 Å². The van der Waals surface area contributed by atoms with E-state index < -0.39 is 0 Å². The van der Waals surface area contributed by atoms with Gasteiger partial charge in [-0.3, -0.25) is 0 Å². The van der Waals surface area contributed by atoms with E-state index in [-0.39, 0.29) is 5.82 Å². The summed E-state index contributed by atoms with van der Waals surface area (Å²) in [6.07, 6.45) is 9.95. The maximum atomic E-state index is 13.1. The summed E-state index contributed by atoms with van der Waals surface area (Å²) in [7, 11) is 0. The number of nitrogens with zero attached hydrogens (tertiary/aromatic N) is 2. The van der Waals surface area contributed by atoms with Crippen LogP contribution in [0.1, 0.15) is 54.9 Å². The van der Waals surface area contributed by atoms with E-state index in [4.69, 9.17) is 0 Å². The van der Waals surface area contributed by atoms with Crippen LogP contribution in [0, 0.1) is 12.7 Å². The molecular weight excluding hydrogens is 668 g/mol. The lowest BCUT2D eigenvalue weighted by atomic mass is 10.1. The van der Waals surface area contributed by atoms with Crippen LogP contribution in [-0.4, -0.2) is 33.0 Å².